The van der Waals surface area contributed by atoms with Crippen LogP contribution in [-0.4, -0.2) is 50.1 Å². The Morgan fingerprint density at radius 2 is 2.07 bits per heavy atom. The summed E-state index contributed by atoms with van der Waals surface area (Å²) in [4.78, 5) is 19.4. The van der Waals surface area contributed by atoms with Crippen LogP contribution >= 0.6 is 0 Å². The Kier molecular flexibility index (Phi) is 6.88. The second-order valence-electron chi connectivity index (χ2n) is 7.69. The van der Waals surface area contributed by atoms with Gasteiger partial charge >= 0.3 is 0 Å². The van der Waals surface area contributed by atoms with Gasteiger partial charge in [-0.25, -0.2) is 9.37 Å². The standard InChI is InChI=1S/C20H30FN3O3/c1-14(11-26-13-21)15(2)22-19(25)17-7-8-18(24-9-3-4-10-24)20(23-17)27-12-16-5-6-16/h7-8,14-16H,3-6,9-13H2,1-2H3,(H,22,25)/t14?,15-/m0/s1. The first-order chi connectivity index (χ1) is 13.1. The van der Waals surface area contributed by atoms with Crippen LogP contribution in [0.15, 0.2) is 12.1 Å². The molecule has 1 saturated heterocycles. The van der Waals surface area contributed by atoms with E-state index in [1.165, 1.54) is 25.7 Å². The summed E-state index contributed by atoms with van der Waals surface area (Å²) in [6.45, 7) is 5.89. The number of halogens is 1. The number of hydrogen-bond donors (Lipinski definition) is 1. The SMILES string of the molecule is CC(COCF)[C@H](C)NC(=O)c1ccc(N2CCCC2)c(OCC2CC2)n1. The Balaban J connectivity index is 1.68. The van der Waals surface area contributed by atoms with Crippen LogP contribution in [0, 0.1) is 11.8 Å². The number of nitrogens with zero attached hydrogens (tertiary/aromatic N) is 2. The third-order valence-corrected chi connectivity index (χ3v) is 5.34. The second kappa shape index (κ2) is 9.35. The summed E-state index contributed by atoms with van der Waals surface area (Å²) in [7, 11) is 0. The molecule has 7 heteroatoms. The van der Waals surface area contributed by atoms with Gasteiger partial charge in [-0.1, -0.05) is 6.92 Å². The number of carbonyl (C=O) groups is 1. The zero-order chi connectivity index (χ0) is 19.2. The van der Waals surface area contributed by atoms with Crippen molar-refractivity contribution in [1.29, 1.82) is 0 Å². The number of nitrogens with one attached hydrogen (secondary N) is 1. The van der Waals surface area contributed by atoms with Gasteiger partial charge in [0.1, 0.15) is 5.69 Å². The lowest BCUT2D eigenvalue weighted by molar-refractivity contribution is 0.0315. The highest BCUT2D eigenvalue weighted by atomic mass is 19.1. The van der Waals surface area contributed by atoms with Crippen LogP contribution in [0.2, 0.25) is 0 Å². The van der Waals surface area contributed by atoms with Crippen molar-refractivity contribution in [2.75, 3.05) is 38.1 Å². The van der Waals surface area contributed by atoms with Gasteiger partial charge in [0.05, 0.1) is 18.9 Å². The highest BCUT2D eigenvalue weighted by Gasteiger charge is 2.25. The molecule has 2 fully saturated rings. The molecule has 0 aromatic carbocycles. The third-order valence-electron chi connectivity index (χ3n) is 5.34. The van der Waals surface area contributed by atoms with Crippen LogP contribution in [0.5, 0.6) is 5.88 Å². The molecule has 1 aliphatic heterocycles. The summed E-state index contributed by atoms with van der Waals surface area (Å²) in [5.74, 6) is 0.919. The quantitative estimate of drug-likeness (QED) is 0.677. The molecule has 1 aliphatic carbocycles. The van der Waals surface area contributed by atoms with E-state index >= 15 is 0 Å². The van der Waals surface area contributed by atoms with Crippen molar-refractivity contribution in [3.63, 3.8) is 0 Å². The fraction of sp³-hybridized carbons (Fsp3) is 0.700. The smallest absolute Gasteiger partial charge is 0.270 e. The van der Waals surface area contributed by atoms with E-state index in [1.54, 1.807) is 6.07 Å². The lowest BCUT2D eigenvalue weighted by atomic mass is 10.1. The fourth-order valence-electron chi connectivity index (χ4n) is 3.14. The lowest BCUT2D eigenvalue weighted by Gasteiger charge is -2.22. The topological polar surface area (TPSA) is 63.7 Å². The van der Waals surface area contributed by atoms with Gasteiger partial charge in [-0.3, -0.25) is 4.79 Å². The van der Waals surface area contributed by atoms with Crippen molar-refractivity contribution in [3.8, 4) is 5.88 Å². The van der Waals surface area contributed by atoms with Gasteiger partial charge in [0, 0.05) is 19.1 Å². The van der Waals surface area contributed by atoms with Crippen LogP contribution in [0.4, 0.5) is 10.1 Å². The summed E-state index contributed by atoms with van der Waals surface area (Å²) >= 11 is 0. The van der Waals surface area contributed by atoms with Gasteiger partial charge in [0.2, 0.25) is 5.88 Å². The first-order valence-electron chi connectivity index (χ1n) is 9.92. The van der Waals surface area contributed by atoms with Crippen molar-refractivity contribution in [1.82, 2.24) is 10.3 Å². The molecule has 2 atom stereocenters. The molecule has 2 aliphatic rings. The number of ether oxygens (including phenoxy) is 2. The maximum atomic E-state index is 12.6. The fourth-order valence-corrected chi connectivity index (χ4v) is 3.14. The molecule has 0 radical (unpaired) electrons. The highest BCUT2D eigenvalue weighted by molar-refractivity contribution is 5.93. The maximum Gasteiger partial charge on any atom is 0.270 e. The van der Waals surface area contributed by atoms with E-state index in [0.29, 0.717) is 24.1 Å². The van der Waals surface area contributed by atoms with Gasteiger partial charge in [-0.05, 0) is 56.6 Å². The number of anilines is 1. The summed E-state index contributed by atoms with van der Waals surface area (Å²) in [5.41, 5.74) is 1.32. The first kappa shape index (κ1) is 19.9. The second-order valence-corrected chi connectivity index (χ2v) is 7.69. The van der Waals surface area contributed by atoms with E-state index in [-0.39, 0.29) is 24.5 Å². The average molecular weight is 379 g/mol. The van der Waals surface area contributed by atoms with Crippen molar-refractivity contribution < 1.29 is 18.7 Å². The van der Waals surface area contributed by atoms with Gasteiger partial charge < -0.3 is 19.7 Å². The molecule has 1 saturated carbocycles. The molecular formula is C20H30FN3O3. The minimum absolute atomic E-state index is 0.000778. The molecule has 27 heavy (non-hydrogen) atoms. The number of amides is 1. The number of aromatic nitrogens is 1. The molecule has 1 unspecified atom stereocenters. The van der Waals surface area contributed by atoms with E-state index in [4.69, 9.17) is 9.47 Å². The zero-order valence-electron chi connectivity index (χ0n) is 16.2. The maximum absolute atomic E-state index is 12.6. The van der Waals surface area contributed by atoms with Crippen molar-refractivity contribution in [3.05, 3.63) is 17.8 Å². The van der Waals surface area contributed by atoms with Crippen LogP contribution in [0.1, 0.15) is 50.0 Å². The Hall–Kier alpha value is -1.89. The van der Waals surface area contributed by atoms with Gasteiger partial charge in [0.15, 0.2) is 6.86 Å². The summed E-state index contributed by atoms with van der Waals surface area (Å²) in [6, 6.07) is 3.54. The first-order valence-corrected chi connectivity index (χ1v) is 9.92. The van der Waals surface area contributed by atoms with Crippen molar-refractivity contribution in [2.45, 2.75) is 45.6 Å². The molecular weight excluding hydrogens is 349 g/mol. The summed E-state index contributed by atoms with van der Waals surface area (Å²) in [5, 5.41) is 2.93. The number of hydrogen-bond acceptors (Lipinski definition) is 5. The largest absolute Gasteiger partial charge is 0.476 e. The predicted octanol–water partition coefficient (Wildman–Crippen LogP) is 3.17. The third kappa shape index (κ3) is 5.54. The number of alkyl halides is 1. The molecule has 2 heterocycles. The number of pyridine rings is 1. The van der Waals surface area contributed by atoms with E-state index < -0.39 is 6.86 Å². The Bertz CT molecular complexity index is 633. The molecule has 6 nitrogen and oxygen atoms in total. The van der Waals surface area contributed by atoms with E-state index in [1.807, 2.05) is 19.9 Å². The highest BCUT2D eigenvalue weighted by Crippen LogP contribution is 2.33. The van der Waals surface area contributed by atoms with Gasteiger partial charge in [-0.15, -0.1) is 0 Å². The van der Waals surface area contributed by atoms with Crippen LogP contribution in [0.25, 0.3) is 0 Å². The monoisotopic (exact) mass is 379 g/mol. The minimum atomic E-state index is -0.813. The summed E-state index contributed by atoms with van der Waals surface area (Å²) < 4.78 is 22.9. The molecule has 150 valence electrons. The van der Waals surface area contributed by atoms with E-state index in [0.717, 1.165) is 18.8 Å². The van der Waals surface area contributed by atoms with E-state index in [2.05, 4.69) is 15.2 Å². The Morgan fingerprint density at radius 3 is 2.74 bits per heavy atom. The summed E-state index contributed by atoms with van der Waals surface area (Å²) in [6.07, 6.45) is 4.74. The Labute approximate surface area is 160 Å². The zero-order valence-corrected chi connectivity index (χ0v) is 16.2. The minimum Gasteiger partial charge on any atom is -0.476 e. The molecule has 3 rings (SSSR count). The molecule has 1 N–H and O–H groups in total. The lowest BCUT2D eigenvalue weighted by Crippen LogP contribution is -2.39. The molecule has 0 bridgehead atoms. The van der Waals surface area contributed by atoms with E-state index in [9.17, 15) is 9.18 Å². The van der Waals surface area contributed by atoms with Crippen LogP contribution in [0.3, 0.4) is 0 Å². The number of rotatable bonds is 10. The van der Waals surface area contributed by atoms with Crippen LogP contribution < -0.4 is 15.0 Å². The molecule has 0 spiro atoms. The molecule has 1 aromatic rings. The van der Waals surface area contributed by atoms with Gasteiger partial charge in [-0.2, -0.15) is 0 Å². The van der Waals surface area contributed by atoms with Crippen molar-refractivity contribution >= 4 is 11.6 Å². The normalized spacial score (nSPS) is 19.0. The number of carbonyl (C=O) groups excluding carboxylic acids is 1. The van der Waals surface area contributed by atoms with Crippen molar-refractivity contribution in [2.24, 2.45) is 11.8 Å². The van der Waals surface area contributed by atoms with Crippen LogP contribution in [-0.2, 0) is 4.74 Å². The van der Waals surface area contributed by atoms with Gasteiger partial charge in [0.25, 0.3) is 5.91 Å². The molecule has 1 aromatic heterocycles. The molecule has 1 amide bonds. The predicted molar refractivity (Wildman–Crippen MR) is 102 cm³/mol. The average Bonchev–Trinajstić information content (AvgIpc) is 3.35. The Morgan fingerprint density at radius 1 is 1.33 bits per heavy atom.